The predicted octanol–water partition coefficient (Wildman–Crippen LogP) is 1.38. The van der Waals surface area contributed by atoms with Crippen LogP contribution in [-0.2, 0) is 30.5 Å². The first-order valence-electron chi connectivity index (χ1n) is 8.19. The van der Waals surface area contributed by atoms with Gasteiger partial charge in [0.15, 0.2) is 0 Å². The van der Waals surface area contributed by atoms with Gasteiger partial charge in [-0.1, -0.05) is 30.3 Å². The van der Waals surface area contributed by atoms with E-state index in [1.54, 1.807) is 32.9 Å². The molecule has 0 bridgehead atoms. The number of carbonyl (C=O) groups excluding carboxylic acids is 4. The molecule has 1 unspecified atom stereocenters. The van der Waals surface area contributed by atoms with Crippen molar-refractivity contribution >= 4 is 23.9 Å². The molecule has 3 amide bonds. The number of hydrogen-bond donors (Lipinski definition) is 1. The molecule has 1 aliphatic heterocycles. The summed E-state index contributed by atoms with van der Waals surface area (Å²) in [6, 6.07) is 8.00. The number of nitrogens with zero attached hydrogens (tertiary/aromatic N) is 1. The second-order valence-electron chi connectivity index (χ2n) is 6.87. The normalized spacial score (nSPS) is 17.2. The SMILES string of the molecule is CC(C)(C)OC(=O)NC1CC(=O)N(CC(=O)OCc2ccccc2)C1=O. The molecule has 1 atom stereocenters. The van der Waals surface area contributed by atoms with E-state index in [-0.39, 0.29) is 13.0 Å². The number of nitrogens with one attached hydrogen (secondary N) is 1. The van der Waals surface area contributed by atoms with E-state index in [4.69, 9.17) is 9.47 Å². The van der Waals surface area contributed by atoms with Crippen LogP contribution in [0.3, 0.4) is 0 Å². The Labute approximate surface area is 151 Å². The Morgan fingerprint density at radius 3 is 2.46 bits per heavy atom. The third-order valence-electron chi connectivity index (χ3n) is 3.46. The van der Waals surface area contributed by atoms with Gasteiger partial charge in [0, 0.05) is 0 Å². The molecule has 1 saturated heterocycles. The van der Waals surface area contributed by atoms with Crippen LogP contribution in [0.2, 0.25) is 0 Å². The third kappa shape index (κ3) is 5.58. The van der Waals surface area contributed by atoms with E-state index in [9.17, 15) is 19.2 Å². The predicted molar refractivity (Wildman–Crippen MR) is 90.7 cm³/mol. The van der Waals surface area contributed by atoms with Crippen LogP contribution in [0.1, 0.15) is 32.8 Å². The van der Waals surface area contributed by atoms with Crippen LogP contribution in [0, 0.1) is 0 Å². The van der Waals surface area contributed by atoms with Gasteiger partial charge in [0.1, 0.15) is 24.8 Å². The summed E-state index contributed by atoms with van der Waals surface area (Å²) in [7, 11) is 0. The minimum absolute atomic E-state index is 0.0511. The van der Waals surface area contributed by atoms with Crippen molar-refractivity contribution in [3.05, 3.63) is 35.9 Å². The fourth-order valence-corrected chi connectivity index (χ4v) is 2.32. The van der Waals surface area contributed by atoms with Gasteiger partial charge in [-0.3, -0.25) is 19.3 Å². The zero-order valence-electron chi connectivity index (χ0n) is 15.0. The van der Waals surface area contributed by atoms with Gasteiger partial charge in [-0.15, -0.1) is 0 Å². The lowest BCUT2D eigenvalue weighted by atomic mass is 10.2. The first-order valence-corrected chi connectivity index (χ1v) is 8.19. The quantitative estimate of drug-likeness (QED) is 0.627. The Bertz CT molecular complexity index is 695. The minimum atomic E-state index is -1.04. The largest absolute Gasteiger partial charge is 0.459 e. The fraction of sp³-hybridized carbons (Fsp3) is 0.444. The van der Waals surface area contributed by atoms with E-state index < -0.39 is 42.1 Å². The van der Waals surface area contributed by atoms with Gasteiger partial charge < -0.3 is 14.8 Å². The van der Waals surface area contributed by atoms with Gasteiger partial charge in [0.25, 0.3) is 5.91 Å². The summed E-state index contributed by atoms with van der Waals surface area (Å²) in [5, 5.41) is 2.35. The molecule has 0 radical (unpaired) electrons. The fourth-order valence-electron chi connectivity index (χ4n) is 2.32. The molecule has 140 valence electrons. The topological polar surface area (TPSA) is 102 Å². The lowest BCUT2D eigenvalue weighted by Crippen LogP contribution is -2.44. The monoisotopic (exact) mass is 362 g/mol. The van der Waals surface area contributed by atoms with Crippen LogP contribution >= 0.6 is 0 Å². The van der Waals surface area contributed by atoms with Crippen molar-refractivity contribution in [3.63, 3.8) is 0 Å². The number of ether oxygens (including phenoxy) is 2. The van der Waals surface area contributed by atoms with Crippen LogP contribution in [-0.4, -0.2) is 47.0 Å². The molecule has 1 aromatic carbocycles. The molecule has 8 nitrogen and oxygen atoms in total. The number of esters is 1. The van der Waals surface area contributed by atoms with E-state index in [1.807, 2.05) is 18.2 Å². The maximum Gasteiger partial charge on any atom is 0.408 e. The van der Waals surface area contributed by atoms with Crippen LogP contribution in [0.25, 0.3) is 0 Å². The molecule has 8 heteroatoms. The Balaban J connectivity index is 1.86. The summed E-state index contributed by atoms with van der Waals surface area (Å²) in [5.41, 5.74) is 0.0702. The molecule has 1 aromatic rings. The minimum Gasteiger partial charge on any atom is -0.459 e. The van der Waals surface area contributed by atoms with Gasteiger partial charge in [0.2, 0.25) is 5.91 Å². The van der Waals surface area contributed by atoms with Crippen molar-refractivity contribution in [3.8, 4) is 0 Å². The summed E-state index contributed by atoms with van der Waals surface area (Å²) in [6.07, 6.45) is -1.01. The summed E-state index contributed by atoms with van der Waals surface area (Å²) >= 11 is 0. The van der Waals surface area contributed by atoms with Crippen LogP contribution in [0.4, 0.5) is 4.79 Å². The van der Waals surface area contributed by atoms with Gasteiger partial charge in [-0.2, -0.15) is 0 Å². The summed E-state index contributed by atoms with van der Waals surface area (Å²) in [5.74, 6) is -1.90. The van der Waals surface area contributed by atoms with E-state index >= 15 is 0 Å². The molecule has 0 aliphatic carbocycles. The Morgan fingerprint density at radius 1 is 1.19 bits per heavy atom. The molecule has 0 aromatic heterocycles. The van der Waals surface area contributed by atoms with E-state index in [1.165, 1.54) is 0 Å². The molecular weight excluding hydrogens is 340 g/mol. The molecule has 1 N–H and O–H groups in total. The molecule has 0 saturated carbocycles. The Morgan fingerprint density at radius 2 is 1.85 bits per heavy atom. The molecule has 2 rings (SSSR count). The smallest absolute Gasteiger partial charge is 0.408 e. The molecule has 1 fully saturated rings. The van der Waals surface area contributed by atoms with Crippen LogP contribution < -0.4 is 5.32 Å². The number of hydrogen-bond acceptors (Lipinski definition) is 6. The van der Waals surface area contributed by atoms with Crippen molar-refractivity contribution in [2.45, 2.75) is 45.4 Å². The number of carbonyl (C=O) groups is 4. The van der Waals surface area contributed by atoms with Crippen LogP contribution in [0.15, 0.2) is 30.3 Å². The maximum atomic E-state index is 12.3. The van der Waals surface area contributed by atoms with Gasteiger partial charge >= 0.3 is 12.1 Å². The van der Waals surface area contributed by atoms with Crippen molar-refractivity contribution < 1.29 is 28.7 Å². The number of rotatable bonds is 5. The van der Waals surface area contributed by atoms with Gasteiger partial charge in [-0.05, 0) is 26.3 Å². The lowest BCUT2D eigenvalue weighted by molar-refractivity contribution is -0.153. The Hall–Kier alpha value is -2.90. The van der Waals surface area contributed by atoms with Crippen molar-refractivity contribution in [2.75, 3.05) is 6.54 Å². The lowest BCUT2D eigenvalue weighted by Gasteiger charge is -2.21. The van der Waals surface area contributed by atoms with E-state index in [0.29, 0.717) is 0 Å². The third-order valence-corrected chi connectivity index (χ3v) is 3.46. The molecule has 1 heterocycles. The first-order chi connectivity index (χ1) is 12.2. The number of amides is 3. The van der Waals surface area contributed by atoms with Crippen LogP contribution in [0.5, 0.6) is 0 Å². The summed E-state index contributed by atoms with van der Waals surface area (Å²) in [6.45, 7) is 4.61. The highest BCUT2D eigenvalue weighted by Crippen LogP contribution is 2.15. The van der Waals surface area contributed by atoms with Crippen molar-refractivity contribution in [1.82, 2.24) is 10.2 Å². The molecule has 1 aliphatic rings. The maximum absolute atomic E-state index is 12.3. The standard InChI is InChI=1S/C18H22N2O6/c1-18(2,3)26-17(24)19-13-9-14(21)20(16(13)23)10-15(22)25-11-12-7-5-4-6-8-12/h4-8,13H,9-11H2,1-3H3,(H,19,24). The molecule has 26 heavy (non-hydrogen) atoms. The van der Waals surface area contributed by atoms with E-state index in [2.05, 4.69) is 5.32 Å². The highest BCUT2D eigenvalue weighted by Gasteiger charge is 2.41. The summed E-state index contributed by atoms with van der Waals surface area (Å²) < 4.78 is 10.1. The zero-order chi connectivity index (χ0) is 19.3. The first kappa shape index (κ1) is 19.4. The molecule has 0 spiro atoms. The second kappa shape index (κ2) is 7.99. The average molecular weight is 362 g/mol. The van der Waals surface area contributed by atoms with Crippen molar-refractivity contribution in [2.24, 2.45) is 0 Å². The second-order valence-corrected chi connectivity index (χ2v) is 6.87. The van der Waals surface area contributed by atoms with Gasteiger partial charge in [0.05, 0.1) is 6.42 Å². The number of benzene rings is 1. The van der Waals surface area contributed by atoms with Crippen molar-refractivity contribution in [1.29, 1.82) is 0 Å². The molecular formula is C18H22N2O6. The number of alkyl carbamates (subject to hydrolysis) is 1. The summed E-state index contributed by atoms with van der Waals surface area (Å²) in [4.78, 5) is 48.7. The highest BCUT2D eigenvalue weighted by molar-refractivity contribution is 6.08. The van der Waals surface area contributed by atoms with Gasteiger partial charge in [-0.25, -0.2) is 4.79 Å². The highest BCUT2D eigenvalue weighted by atomic mass is 16.6. The average Bonchev–Trinajstić information content (AvgIpc) is 2.79. The Kier molecular flexibility index (Phi) is 5.97. The zero-order valence-corrected chi connectivity index (χ0v) is 15.0. The number of likely N-dealkylation sites (tertiary alicyclic amines) is 1. The van der Waals surface area contributed by atoms with E-state index in [0.717, 1.165) is 10.5 Å². The number of imide groups is 1.